The number of hydrogen-bond acceptors (Lipinski definition) is 11. The minimum absolute atomic E-state index is 0.0337. The van der Waals surface area contributed by atoms with Crippen LogP contribution in [0.5, 0.6) is 0 Å². The van der Waals surface area contributed by atoms with Gasteiger partial charge in [-0.05, 0) is 97.7 Å². The summed E-state index contributed by atoms with van der Waals surface area (Å²) in [5, 5.41) is 11.0. The number of nitrogens with zero attached hydrogens (tertiary/aromatic N) is 7. The highest BCUT2D eigenvalue weighted by molar-refractivity contribution is 6.31. The number of alkyl halides is 3. The fourth-order valence-corrected chi connectivity index (χ4v) is 11.7. The topological polar surface area (TPSA) is 259 Å². The van der Waals surface area contributed by atoms with E-state index in [1.54, 1.807) is 68.4 Å². The third kappa shape index (κ3) is 24.3. The minimum Gasteiger partial charge on any atom is -0.343 e. The van der Waals surface area contributed by atoms with Crippen molar-refractivity contribution in [3.8, 4) is 0 Å². The molecule has 0 saturated carbocycles. The Labute approximate surface area is 579 Å². The van der Waals surface area contributed by atoms with Crippen LogP contribution in [-0.2, 0) is 78.2 Å². The normalized spacial score (nSPS) is 23.0. The number of halogens is 5. The Balaban J connectivity index is 1.89. The maximum atomic E-state index is 15.2. The van der Waals surface area contributed by atoms with Gasteiger partial charge < -0.3 is 55.6 Å². The van der Waals surface area contributed by atoms with Gasteiger partial charge in [-0.1, -0.05) is 139 Å². The number of nitrogens with one attached hydrogen (secondary N) is 4. The zero-order valence-corrected chi connectivity index (χ0v) is 60.2. The Morgan fingerprint density at radius 3 is 1.63 bits per heavy atom. The molecule has 0 aliphatic carbocycles. The summed E-state index contributed by atoms with van der Waals surface area (Å²) in [7, 11) is 9.70. The molecule has 27 heteroatoms. The van der Waals surface area contributed by atoms with Crippen LogP contribution in [-0.4, -0.2) is 217 Å². The average Bonchev–Trinajstić information content (AvgIpc) is 0.885. The molecule has 97 heavy (non-hydrogen) atoms. The highest BCUT2D eigenvalue weighted by atomic mass is 35.5. The molecule has 0 unspecified atom stereocenters. The monoisotopic (exact) mass is 1400 g/mol. The van der Waals surface area contributed by atoms with Crippen LogP contribution in [0.1, 0.15) is 129 Å². The van der Waals surface area contributed by atoms with E-state index in [2.05, 4.69) is 21.3 Å². The first kappa shape index (κ1) is 81.6. The molecular weight excluding hydrogens is 1300 g/mol. The van der Waals surface area contributed by atoms with Crippen molar-refractivity contribution in [2.24, 2.45) is 17.8 Å². The smallest absolute Gasteiger partial charge is 0.343 e. The summed E-state index contributed by atoms with van der Waals surface area (Å²) < 4.78 is 41.5. The van der Waals surface area contributed by atoms with E-state index in [1.165, 1.54) is 70.1 Å². The van der Waals surface area contributed by atoms with Gasteiger partial charge in [0.2, 0.25) is 65.0 Å². The second kappa shape index (κ2) is 37.8. The summed E-state index contributed by atoms with van der Waals surface area (Å²) in [6.07, 6.45) is -3.95. The molecule has 1 heterocycles. The van der Waals surface area contributed by atoms with E-state index < -0.39 is 156 Å². The molecule has 1 fully saturated rings. The maximum Gasteiger partial charge on any atom is 0.417 e. The molecule has 3 aromatic carbocycles. The van der Waals surface area contributed by atoms with Crippen LogP contribution in [0.25, 0.3) is 0 Å². The highest BCUT2D eigenvalue weighted by Crippen LogP contribution is 2.35. The van der Waals surface area contributed by atoms with Crippen molar-refractivity contribution in [2.45, 2.75) is 181 Å². The molecule has 4 N–H and O–H groups in total. The third-order valence-electron chi connectivity index (χ3n) is 17.8. The fourth-order valence-electron chi connectivity index (χ4n) is 11.3. The fraction of sp³-hybridized carbons (Fsp3) is 0.586. The Kier molecular flexibility index (Phi) is 31.8. The number of carbonyl (C=O) groups is 11. The van der Waals surface area contributed by atoms with Crippen molar-refractivity contribution < 1.29 is 65.9 Å². The number of amides is 11. The second-order valence-corrected chi connectivity index (χ2v) is 27.4. The lowest BCUT2D eigenvalue weighted by molar-refractivity contribution is -0.148. The van der Waals surface area contributed by atoms with Gasteiger partial charge in [-0.15, -0.1) is 0 Å². The molecule has 0 radical (unpaired) electrons. The van der Waals surface area contributed by atoms with E-state index in [4.69, 9.17) is 23.2 Å². The summed E-state index contributed by atoms with van der Waals surface area (Å²) in [6.45, 7) is 12.7. The number of benzene rings is 3. The van der Waals surface area contributed by atoms with Crippen molar-refractivity contribution in [3.63, 3.8) is 0 Å². The summed E-state index contributed by atoms with van der Waals surface area (Å²) in [4.78, 5) is 169. The lowest BCUT2D eigenvalue weighted by atomic mass is 9.95. The molecule has 1 aliphatic rings. The molecule has 0 aromatic heterocycles. The van der Waals surface area contributed by atoms with Gasteiger partial charge in [0.1, 0.15) is 42.3 Å². The first-order chi connectivity index (χ1) is 45.4. The molecule has 0 spiro atoms. The third-order valence-corrected chi connectivity index (χ3v) is 18.4. The summed E-state index contributed by atoms with van der Waals surface area (Å²) in [5.41, 5.74) is 0.348. The average molecular weight is 1400 g/mol. The van der Waals surface area contributed by atoms with Crippen molar-refractivity contribution in [1.82, 2.24) is 55.6 Å². The van der Waals surface area contributed by atoms with Crippen LogP contribution in [0.3, 0.4) is 0 Å². The predicted molar refractivity (Wildman–Crippen MR) is 365 cm³/mol. The number of unbranched alkanes of at least 4 members (excludes halogenated alkanes) is 1. The van der Waals surface area contributed by atoms with Gasteiger partial charge in [-0.3, -0.25) is 52.7 Å². The second-order valence-electron chi connectivity index (χ2n) is 26.5. The quantitative estimate of drug-likeness (QED) is 0.116. The van der Waals surface area contributed by atoms with Crippen molar-refractivity contribution in [1.29, 1.82) is 0 Å². The number of hydrogen-bond donors (Lipinski definition) is 4. The van der Waals surface area contributed by atoms with Gasteiger partial charge in [-0.25, -0.2) is 0 Å². The molecule has 536 valence electrons. The zero-order chi connectivity index (χ0) is 72.9. The molecule has 11 amide bonds. The van der Waals surface area contributed by atoms with Crippen molar-refractivity contribution in [3.05, 3.63) is 105 Å². The summed E-state index contributed by atoms with van der Waals surface area (Å²) >= 11 is 12.3. The number of aryl methyl sites for hydroxylation is 1. The Morgan fingerprint density at radius 1 is 0.515 bits per heavy atom. The molecule has 9 atom stereocenters. The Morgan fingerprint density at radius 2 is 1.05 bits per heavy atom. The summed E-state index contributed by atoms with van der Waals surface area (Å²) in [6, 6.07) is 8.52. The summed E-state index contributed by atoms with van der Waals surface area (Å²) in [5.74, 6) is -8.50. The lowest BCUT2D eigenvalue weighted by Crippen LogP contribution is -2.60. The van der Waals surface area contributed by atoms with Crippen molar-refractivity contribution >= 4 is 88.2 Å². The maximum absolute atomic E-state index is 15.2. The molecule has 3 aromatic rings. The van der Waals surface area contributed by atoms with Gasteiger partial charge in [-0.2, -0.15) is 13.2 Å². The Hall–Kier alpha value is -7.80. The molecular formula is C70H100Cl2F3N11O11. The number of carbonyl (C=O) groups excluding carboxylic acids is 11. The van der Waals surface area contributed by atoms with Crippen LogP contribution < -0.4 is 21.3 Å². The van der Waals surface area contributed by atoms with Crippen LogP contribution in [0.15, 0.2) is 72.8 Å². The van der Waals surface area contributed by atoms with Crippen LogP contribution in [0, 0.1) is 17.8 Å². The van der Waals surface area contributed by atoms with Crippen LogP contribution >= 0.6 is 23.2 Å². The van der Waals surface area contributed by atoms with Gasteiger partial charge in [0.05, 0.1) is 30.2 Å². The first-order valence-electron chi connectivity index (χ1n) is 33.0. The van der Waals surface area contributed by atoms with E-state index >= 15 is 9.59 Å². The van der Waals surface area contributed by atoms with Gasteiger partial charge in [0, 0.05) is 79.7 Å². The largest absolute Gasteiger partial charge is 0.417 e. The molecule has 1 saturated heterocycles. The van der Waals surface area contributed by atoms with Crippen molar-refractivity contribution in [2.75, 3.05) is 69.0 Å². The lowest BCUT2D eigenvalue weighted by Gasteiger charge is -2.35. The van der Waals surface area contributed by atoms with E-state index in [-0.39, 0.29) is 68.8 Å². The minimum atomic E-state index is -4.78. The Bertz CT molecular complexity index is 3220. The van der Waals surface area contributed by atoms with E-state index in [0.29, 0.717) is 35.4 Å². The van der Waals surface area contributed by atoms with Crippen LogP contribution in [0.4, 0.5) is 13.2 Å². The van der Waals surface area contributed by atoms with Crippen LogP contribution in [0.2, 0.25) is 10.0 Å². The predicted octanol–water partition coefficient (Wildman–Crippen LogP) is 6.80. The van der Waals surface area contributed by atoms with Gasteiger partial charge in [0.15, 0.2) is 0 Å². The molecule has 22 nitrogen and oxygen atoms in total. The molecule has 1 aliphatic heterocycles. The van der Waals surface area contributed by atoms with Gasteiger partial charge in [0.25, 0.3) is 0 Å². The molecule has 4 rings (SSSR count). The van der Waals surface area contributed by atoms with E-state index in [0.717, 1.165) is 31.7 Å². The number of rotatable bonds is 16. The molecule has 0 bridgehead atoms. The number of likely N-dealkylation sites (N-methyl/N-ethyl adjacent to an activating group) is 7. The van der Waals surface area contributed by atoms with Gasteiger partial charge >= 0.3 is 6.18 Å². The van der Waals surface area contributed by atoms with E-state index in [9.17, 15) is 56.3 Å². The highest BCUT2D eigenvalue weighted by Gasteiger charge is 2.40. The zero-order valence-electron chi connectivity index (χ0n) is 58.7. The van der Waals surface area contributed by atoms with E-state index in [1.807, 2.05) is 41.5 Å². The standard InChI is InChI=1S/C70H100Cl2F3N11O11/c1-16-18-24-53-66(94)86(15)56(37-46-22-20-19-21-23-46)64(92)78-54(33-42(3)4)67(95)83(12)45(8)35-59(88)84(13)55(34-43(5)6)65(93)79-62(44(7)17-2)69(97)82(11)40-60(89)80(9)41-61(90)85(14)57(38-48-25-29-49(71)30-26-48)68(96)81(10)39-58(87)76-52(63(91)77-53)32-28-47-27-31-50(51(72)36-47)70(73,74)75/h19-23,25-27,29-31,36,42-45,52-57,62H,16-18,24,28,32-35,37-41H2,1-15H3,(H,76,87)(H,77,91)(H,78,92)(H,79,93)/t44-,45+,52-,53-,54-,55-,56+,57-,62-/m0/s1. The first-order valence-corrected chi connectivity index (χ1v) is 33.8. The SMILES string of the molecule is CCCC[C@@H]1NC(=O)[C@H](CCc2ccc(C(F)(F)F)c(Cl)c2)NC(=O)CN(C)C(=O)[C@H](Cc2ccc(Cl)cc2)N(C)C(=O)CN(C)C(=O)CN(C)C(=O)[C@H]([C@@H](C)CC)NC(=O)[C@H](CC(C)C)N(C)C(=O)C[C@@H](C)N(C)C(=O)[C@H](CC(C)C)NC(=O)[C@@H](Cc2ccccc2)N(C)C1=O.